The van der Waals surface area contributed by atoms with Crippen molar-refractivity contribution >= 4 is 17.3 Å². The van der Waals surface area contributed by atoms with E-state index in [-0.39, 0.29) is 0 Å². The minimum atomic E-state index is 0.779. The number of piperidine rings is 1. The summed E-state index contributed by atoms with van der Waals surface area (Å²) in [6.07, 6.45) is 5.50. The first-order chi connectivity index (χ1) is 12.9. The highest BCUT2D eigenvalue weighted by Gasteiger charge is 2.16. The van der Waals surface area contributed by atoms with E-state index in [0.717, 1.165) is 37.0 Å². The molecule has 0 saturated carbocycles. The van der Waals surface area contributed by atoms with Crippen LogP contribution >= 0.6 is 0 Å². The van der Waals surface area contributed by atoms with E-state index in [1.807, 2.05) is 6.07 Å². The summed E-state index contributed by atoms with van der Waals surface area (Å²) in [6.45, 7) is 2.95. The van der Waals surface area contributed by atoms with E-state index in [2.05, 4.69) is 80.4 Å². The van der Waals surface area contributed by atoms with Gasteiger partial charge in [-0.1, -0.05) is 48.5 Å². The molecule has 2 aromatic carbocycles. The molecule has 132 valence electrons. The van der Waals surface area contributed by atoms with E-state index in [9.17, 15) is 0 Å². The van der Waals surface area contributed by atoms with Crippen LogP contribution in [-0.4, -0.2) is 23.1 Å². The van der Waals surface area contributed by atoms with Gasteiger partial charge in [-0.05, 0) is 37.0 Å². The summed E-state index contributed by atoms with van der Waals surface area (Å²) in [4.78, 5) is 13.8. The van der Waals surface area contributed by atoms with Crippen LogP contribution in [0.1, 0.15) is 24.8 Å². The van der Waals surface area contributed by atoms with Gasteiger partial charge >= 0.3 is 0 Å². The fraction of sp³-hybridized carbons (Fsp3) is 0.273. The Balaban J connectivity index is 1.67. The minimum absolute atomic E-state index is 0.779. The molecule has 2 heterocycles. The lowest BCUT2D eigenvalue weighted by Gasteiger charge is -2.29. The third kappa shape index (κ3) is 3.85. The molecule has 1 aliphatic heterocycles. The Hall–Kier alpha value is -2.88. The summed E-state index contributed by atoms with van der Waals surface area (Å²) >= 11 is 0. The Morgan fingerprint density at radius 1 is 0.808 bits per heavy atom. The zero-order valence-electron chi connectivity index (χ0n) is 15.0. The predicted octanol–water partition coefficient (Wildman–Crippen LogP) is 4.81. The molecular formula is C22H24N4. The monoisotopic (exact) mass is 344 g/mol. The molecular weight excluding hydrogens is 320 g/mol. The molecule has 0 spiro atoms. The fourth-order valence-electron chi connectivity index (χ4n) is 3.46. The molecule has 0 N–H and O–H groups in total. The van der Waals surface area contributed by atoms with Gasteiger partial charge in [-0.2, -0.15) is 0 Å². The van der Waals surface area contributed by atoms with Crippen molar-refractivity contribution in [1.29, 1.82) is 0 Å². The number of nitrogens with zero attached hydrogens (tertiary/aromatic N) is 4. The van der Waals surface area contributed by atoms with Crippen molar-refractivity contribution in [2.24, 2.45) is 0 Å². The van der Waals surface area contributed by atoms with E-state index in [1.54, 1.807) is 6.33 Å². The summed E-state index contributed by atoms with van der Waals surface area (Å²) in [5, 5.41) is 0. The average Bonchev–Trinajstić information content (AvgIpc) is 2.74. The Labute approximate surface area is 155 Å². The van der Waals surface area contributed by atoms with Gasteiger partial charge in [0.1, 0.15) is 18.0 Å². The average molecular weight is 344 g/mol. The van der Waals surface area contributed by atoms with Gasteiger partial charge in [-0.15, -0.1) is 0 Å². The van der Waals surface area contributed by atoms with Crippen LogP contribution in [0.5, 0.6) is 0 Å². The van der Waals surface area contributed by atoms with Gasteiger partial charge in [0, 0.05) is 31.4 Å². The molecule has 0 unspecified atom stereocenters. The quantitative estimate of drug-likeness (QED) is 0.665. The molecule has 4 rings (SSSR count). The SMILES string of the molecule is c1ccc(CN(c2ccccc2)c2cc(N3CCCCC3)ncn2)cc1. The highest BCUT2D eigenvalue weighted by Crippen LogP contribution is 2.28. The molecule has 4 nitrogen and oxygen atoms in total. The van der Waals surface area contributed by atoms with Gasteiger partial charge in [-0.25, -0.2) is 9.97 Å². The van der Waals surface area contributed by atoms with Crippen LogP contribution in [0.2, 0.25) is 0 Å². The highest BCUT2D eigenvalue weighted by molar-refractivity contribution is 5.62. The first kappa shape index (κ1) is 16.6. The lowest BCUT2D eigenvalue weighted by Crippen LogP contribution is -2.30. The Kier molecular flexibility index (Phi) is 5.10. The maximum absolute atomic E-state index is 4.60. The van der Waals surface area contributed by atoms with E-state index in [0.29, 0.717) is 0 Å². The zero-order chi connectivity index (χ0) is 17.6. The highest BCUT2D eigenvalue weighted by atomic mass is 15.2. The maximum atomic E-state index is 4.60. The molecule has 1 fully saturated rings. The van der Waals surface area contributed by atoms with E-state index in [1.165, 1.54) is 24.8 Å². The molecule has 0 amide bonds. The fourth-order valence-corrected chi connectivity index (χ4v) is 3.46. The first-order valence-electron chi connectivity index (χ1n) is 9.34. The Bertz CT molecular complexity index is 814. The molecule has 1 aromatic heterocycles. The summed E-state index contributed by atoms with van der Waals surface area (Å²) in [7, 11) is 0. The number of hydrogen-bond acceptors (Lipinski definition) is 4. The number of para-hydroxylation sites is 1. The third-order valence-corrected chi connectivity index (χ3v) is 4.85. The zero-order valence-corrected chi connectivity index (χ0v) is 15.0. The number of rotatable bonds is 5. The Morgan fingerprint density at radius 2 is 1.50 bits per heavy atom. The van der Waals surface area contributed by atoms with Crippen molar-refractivity contribution in [3.05, 3.63) is 78.6 Å². The van der Waals surface area contributed by atoms with Gasteiger partial charge in [0.15, 0.2) is 0 Å². The Morgan fingerprint density at radius 3 is 2.23 bits per heavy atom. The summed E-state index contributed by atoms with van der Waals surface area (Å²) < 4.78 is 0. The summed E-state index contributed by atoms with van der Waals surface area (Å²) in [6, 6.07) is 23.1. The van der Waals surface area contributed by atoms with Gasteiger partial charge in [0.25, 0.3) is 0 Å². The van der Waals surface area contributed by atoms with E-state index < -0.39 is 0 Å². The molecule has 3 aromatic rings. The molecule has 0 bridgehead atoms. The van der Waals surface area contributed by atoms with Crippen LogP contribution < -0.4 is 9.80 Å². The van der Waals surface area contributed by atoms with Crippen LogP contribution in [0, 0.1) is 0 Å². The van der Waals surface area contributed by atoms with E-state index >= 15 is 0 Å². The summed E-state index contributed by atoms with van der Waals surface area (Å²) in [5.41, 5.74) is 2.40. The number of hydrogen-bond donors (Lipinski definition) is 0. The second-order valence-corrected chi connectivity index (χ2v) is 6.69. The molecule has 1 saturated heterocycles. The van der Waals surface area contributed by atoms with Crippen LogP contribution in [0.3, 0.4) is 0 Å². The number of benzene rings is 2. The molecule has 0 aliphatic carbocycles. The molecule has 4 heteroatoms. The van der Waals surface area contributed by atoms with Crippen molar-refractivity contribution in [2.75, 3.05) is 22.9 Å². The smallest absolute Gasteiger partial charge is 0.138 e. The molecule has 0 radical (unpaired) electrons. The normalized spacial score (nSPS) is 14.2. The van der Waals surface area contributed by atoms with Crippen LogP contribution in [0.25, 0.3) is 0 Å². The molecule has 0 atom stereocenters. The minimum Gasteiger partial charge on any atom is -0.356 e. The van der Waals surface area contributed by atoms with Crippen molar-refractivity contribution in [2.45, 2.75) is 25.8 Å². The van der Waals surface area contributed by atoms with Gasteiger partial charge in [-0.3, -0.25) is 0 Å². The largest absolute Gasteiger partial charge is 0.356 e. The van der Waals surface area contributed by atoms with Crippen molar-refractivity contribution in [3.8, 4) is 0 Å². The topological polar surface area (TPSA) is 32.3 Å². The van der Waals surface area contributed by atoms with E-state index in [4.69, 9.17) is 0 Å². The standard InChI is InChI=1S/C22H24N4/c1-4-10-19(11-5-1)17-26(20-12-6-2-7-13-20)22-16-21(23-18-24-22)25-14-8-3-9-15-25/h1-2,4-7,10-13,16,18H,3,8-9,14-15,17H2. The van der Waals surface area contributed by atoms with Crippen molar-refractivity contribution in [3.63, 3.8) is 0 Å². The third-order valence-electron chi connectivity index (χ3n) is 4.85. The maximum Gasteiger partial charge on any atom is 0.138 e. The van der Waals surface area contributed by atoms with Crippen LogP contribution in [0.15, 0.2) is 73.1 Å². The number of anilines is 3. The van der Waals surface area contributed by atoms with Crippen molar-refractivity contribution in [1.82, 2.24) is 9.97 Å². The second kappa shape index (κ2) is 8.00. The molecule has 1 aliphatic rings. The van der Waals surface area contributed by atoms with Crippen LogP contribution in [-0.2, 0) is 6.54 Å². The predicted molar refractivity (Wildman–Crippen MR) is 107 cm³/mol. The summed E-state index contributed by atoms with van der Waals surface area (Å²) in [5.74, 6) is 1.97. The van der Waals surface area contributed by atoms with Gasteiger partial charge in [0.2, 0.25) is 0 Å². The lowest BCUT2D eigenvalue weighted by molar-refractivity contribution is 0.573. The van der Waals surface area contributed by atoms with Crippen molar-refractivity contribution < 1.29 is 0 Å². The molecule has 26 heavy (non-hydrogen) atoms. The second-order valence-electron chi connectivity index (χ2n) is 6.69. The number of aromatic nitrogens is 2. The first-order valence-corrected chi connectivity index (χ1v) is 9.34. The lowest BCUT2D eigenvalue weighted by atomic mass is 10.1. The van der Waals surface area contributed by atoms with Gasteiger partial charge in [0.05, 0.1) is 0 Å². The van der Waals surface area contributed by atoms with Crippen LogP contribution in [0.4, 0.5) is 17.3 Å². The van der Waals surface area contributed by atoms with Gasteiger partial charge < -0.3 is 9.80 Å².